The van der Waals surface area contributed by atoms with Gasteiger partial charge in [-0.15, -0.1) is 0 Å². The van der Waals surface area contributed by atoms with Crippen LogP contribution in [0.2, 0.25) is 0 Å². The van der Waals surface area contributed by atoms with E-state index in [1.54, 1.807) is 12.1 Å². The molecule has 1 aliphatic heterocycles. The number of ketones is 1. The Hall–Kier alpha value is -3.20. The summed E-state index contributed by atoms with van der Waals surface area (Å²) < 4.78 is 21.8. The topological polar surface area (TPSA) is 129 Å². The van der Waals surface area contributed by atoms with Gasteiger partial charge in [0.25, 0.3) is 0 Å². The van der Waals surface area contributed by atoms with Crippen LogP contribution in [0.4, 0.5) is 0 Å². The second-order valence-corrected chi connectivity index (χ2v) is 11.8. The van der Waals surface area contributed by atoms with Crippen molar-refractivity contribution in [1.82, 2.24) is 0 Å². The first kappa shape index (κ1) is 26.4. The van der Waals surface area contributed by atoms with Crippen LogP contribution in [0.1, 0.15) is 65.0 Å². The first-order valence-corrected chi connectivity index (χ1v) is 13.0. The van der Waals surface area contributed by atoms with E-state index in [-0.39, 0.29) is 24.5 Å². The van der Waals surface area contributed by atoms with Crippen molar-refractivity contribution in [3.05, 3.63) is 47.5 Å². The molecule has 1 aromatic rings. The van der Waals surface area contributed by atoms with Gasteiger partial charge in [0, 0.05) is 41.6 Å². The summed E-state index contributed by atoms with van der Waals surface area (Å²) >= 11 is 0. The van der Waals surface area contributed by atoms with Gasteiger partial charge in [-0.1, -0.05) is 26.8 Å². The third-order valence-corrected chi connectivity index (χ3v) is 9.79. The van der Waals surface area contributed by atoms with Crippen molar-refractivity contribution in [3.63, 3.8) is 0 Å². The normalized spacial score (nSPS) is 40.0. The maximum Gasteiger partial charge on any atom is 0.339 e. The van der Waals surface area contributed by atoms with E-state index in [9.17, 15) is 24.3 Å². The van der Waals surface area contributed by atoms with Crippen molar-refractivity contribution in [2.24, 2.45) is 28.1 Å². The van der Waals surface area contributed by atoms with Crippen LogP contribution < -0.4 is 0 Å². The largest absolute Gasteiger partial charge is 0.472 e. The Bertz CT molecular complexity index is 1240. The smallest absolute Gasteiger partial charge is 0.339 e. The predicted octanol–water partition coefficient (Wildman–Crippen LogP) is 3.62. The number of hydrogen-bond acceptors (Lipinski definition) is 9. The maximum absolute atomic E-state index is 14.0. The molecule has 2 bridgehead atoms. The number of esters is 3. The SMILES string of the molecule is COC(=O)CC1C2(C)CC(=O)C1(C)C1CCC3(C)C(=C1C=CC2OC(C)=O)C(O)C(=O)OC3c1ccoc1. The zero-order valence-electron chi connectivity index (χ0n) is 22.3. The first-order valence-electron chi connectivity index (χ1n) is 13.0. The van der Waals surface area contributed by atoms with Gasteiger partial charge < -0.3 is 23.7 Å². The van der Waals surface area contributed by atoms with Crippen molar-refractivity contribution in [3.8, 4) is 0 Å². The molecule has 8 unspecified atom stereocenters. The highest BCUT2D eigenvalue weighted by molar-refractivity contribution is 5.91. The number of ether oxygens (including phenoxy) is 3. The molecule has 0 amide bonds. The number of allylic oxidation sites excluding steroid dienone is 2. The lowest BCUT2D eigenvalue weighted by atomic mass is 9.52. The molecular weight excluding hydrogens is 492 g/mol. The minimum Gasteiger partial charge on any atom is -0.472 e. The van der Waals surface area contributed by atoms with Crippen molar-refractivity contribution in [2.45, 2.75) is 71.7 Å². The molecule has 1 aromatic heterocycles. The minimum absolute atomic E-state index is 0.0283. The Kier molecular flexibility index (Phi) is 6.21. The highest BCUT2D eigenvalue weighted by Crippen LogP contribution is 2.66. The first-order chi connectivity index (χ1) is 17.9. The molecule has 2 heterocycles. The van der Waals surface area contributed by atoms with E-state index in [4.69, 9.17) is 18.6 Å². The number of fused-ring (bicyclic) bond motifs is 5. The lowest BCUT2D eigenvalue weighted by Crippen LogP contribution is -2.53. The molecule has 3 aliphatic carbocycles. The summed E-state index contributed by atoms with van der Waals surface area (Å²) in [6, 6.07) is 1.74. The summed E-state index contributed by atoms with van der Waals surface area (Å²) in [6.45, 7) is 7.01. The van der Waals surface area contributed by atoms with E-state index in [0.29, 0.717) is 29.6 Å². The Morgan fingerprint density at radius 3 is 2.58 bits per heavy atom. The molecule has 9 nitrogen and oxygen atoms in total. The average molecular weight is 527 g/mol. The van der Waals surface area contributed by atoms with E-state index in [0.717, 1.165) is 0 Å². The van der Waals surface area contributed by atoms with E-state index >= 15 is 0 Å². The monoisotopic (exact) mass is 526 g/mol. The van der Waals surface area contributed by atoms with Gasteiger partial charge in [0.2, 0.25) is 0 Å². The highest BCUT2D eigenvalue weighted by Gasteiger charge is 2.67. The van der Waals surface area contributed by atoms with Crippen LogP contribution >= 0.6 is 0 Å². The van der Waals surface area contributed by atoms with Crippen molar-refractivity contribution in [1.29, 1.82) is 0 Å². The van der Waals surface area contributed by atoms with E-state index in [1.165, 1.54) is 26.6 Å². The molecule has 1 N–H and O–H groups in total. The third kappa shape index (κ3) is 3.61. The van der Waals surface area contributed by atoms with Crippen LogP contribution in [-0.4, -0.2) is 48.1 Å². The maximum atomic E-state index is 14.0. The number of furan rings is 1. The number of aliphatic hydroxyl groups excluding tert-OH is 1. The van der Waals surface area contributed by atoms with Crippen molar-refractivity contribution < 1.29 is 42.9 Å². The van der Waals surface area contributed by atoms with Gasteiger partial charge in [-0.2, -0.15) is 0 Å². The van der Waals surface area contributed by atoms with Gasteiger partial charge in [-0.3, -0.25) is 14.4 Å². The van der Waals surface area contributed by atoms with Crippen LogP contribution in [0.5, 0.6) is 0 Å². The number of carbonyl (C=O) groups is 4. The second-order valence-electron chi connectivity index (χ2n) is 11.8. The third-order valence-electron chi connectivity index (χ3n) is 9.79. The van der Waals surface area contributed by atoms with Crippen LogP contribution in [0, 0.1) is 28.1 Å². The van der Waals surface area contributed by atoms with Crippen LogP contribution in [0.15, 0.2) is 46.3 Å². The highest BCUT2D eigenvalue weighted by atomic mass is 16.6. The molecule has 204 valence electrons. The van der Waals surface area contributed by atoms with Crippen LogP contribution in [0.25, 0.3) is 0 Å². The van der Waals surface area contributed by atoms with Gasteiger partial charge in [0.1, 0.15) is 18.0 Å². The quantitative estimate of drug-likeness (QED) is 0.462. The number of cyclic esters (lactones) is 1. The lowest BCUT2D eigenvalue weighted by molar-refractivity contribution is -0.175. The number of methoxy groups -OCH3 is 1. The Morgan fingerprint density at radius 2 is 1.95 bits per heavy atom. The molecule has 38 heavy (non-hydrogen) atoms. The minimum atomic E-state index is -1.53. The van der Waals surface area contributed by atoms with Gasteiger partial charge >= 0.3 is 17.9 Å². The Labute approximate surface area is 221 Å². The predicted molar refractivity (Wildman–Crippen MR) is 132 cm³/mol. The number of rotatable bonds is 4. The number of Topliss-reactive ketones (excluding diaryl/α,β-unsaturated/α-hetero) is 1. The molecule has 2 fully saturated rings. The molecule has 8 atom stereocenters. The van der Waals surface area contributed by atoms with Crippen molar-refractivity contribution >= 4 is 23.7 Å². The molecular formula is C29H34O9. The fraction of sp³-hybridized carbons (Fsp3) is 0.586. The van der Waals surface area contributed by atoms with Gasteiger partial charge in [-0.25, -0.2) is 4.79 Å². The molecule has 5 rings (SSSR count). The molecule has 9 heteroatoms. The fourth-order valence-electron chi connectivity index (χ4n) is 7.85. The Morgan fingerprint density at radius 1 is 1.21 bits per heavy atom. The standard InChI is InChI=1S/C29H34O9/c1-15(30)37-21-7-6-17-18(29(4)19(12-22(32)35-5)28(21,3)13-20(29)31)8-10-27(2)23(17)24(33)26(34)38-25(27)16-9-11-36-14-16/h6-7,9,11,14,18-19,21,24-25,33H,8,10,12-13H2,1-5H3. The Balaban J connectivity index is 1.76. The van der Waals surface area contributed by atoms with Gasteiger partial charge in [0.15, 0.2) is 6.10 Å². The summed E-state index contributed by atoms with van der Waals surface area (Å²) in [5, 5.41) is 11.3. The summed E-state index contributed by atoms with van der Waals surface area (Å²) in [5.74, 6) is -2.67. The van der Waals surface area contributed by atoms with Crippen LogP contribution in [0.3, 0.4) is 0 Å². The fourth-order valence-corrected chi connectivity index (χ4v) is 7.85. The number of aliphatic hydroxyl groups is 1. The molecule has 0 spiro atoms. The molecule has 4 aliphatic rings. The molecule has 0 radical (unpaired) electrons. The van der Waals surface area contributed by atoms with Crippen molar-refractivity contribution in [2.75, 3.05) is 7.11 Å². The molecule has 1 saturated carbocycles. The second kappa shape index (κ2) is 8.93. The van der Waals surface area contributed by atoms with Gasteiger partial charge in [0.05, 0.1) is 19.6 Å². The van der Waals surface area contributed by atoms with E-state index in [2.05, 4.69) is 0 Å². The molecule has 0 aromatic carbocycles. The zero-order chi connectivity index (χ0) is 27.6. The summed E-state index contributed by atoms with van der Waals surface area (Å²) in [4.78, 5) is 51.8. The molecule has 1 saturated heterocycles. The van der Waals surface area contributed by atoms with E-state index < -0.39 is 58.4 Å². The summed E-state index contributed by atoms with van der Waals surface area (Å²) in [7, 11) is 1.31. The summed E-state index contributed by atoms with van der Waals surface area (Å²) in [5.41, 5.74) is -0.817. The van der Waals surface area contributed by atoms with Crippen LogP contribution in [-0.2, 0) is 33.4 Å². The van der Waals surface area contributed by atoms with E-state index in [1.807, 2.05) is 26.8 Å². The zero-order valence-corrected chi connectivity index (χ0v) is 22.3. The summed E-state index contributed by atoms with van der Waals surface area (Å²) in [6.07, 6.45) is 4.74. The number of hydrogen-bond donors (Lipinski definition) is 1. The van der Waals surface area contributed by atoms with Gasteiger partial charge in [-0.05, 0) is 48.0 Å². The number of carbonyl (C=O) groups excluding carboxylic acids is 4. The lowest BCUT2D eigenvalue weighted by Gasteiger charge is -2.53. The average Bonchev–Trinajstić information content (AvgIpc) is 3.46.